The first-order valence-electron chi connectivity index (χ1n) is 11.5. The van der Waals surface area contributed by atoms with E-state index >= 15 is 0 Å². The molecule has 3 rings (SSSR count). The smallest absolute Gasteiger partial charge is 0.191 e. The molecule has 3 heterocycles. The molecule has 0 aromatic carbocycles. The fourth-order valence-electron chi connectivity index (χ4n) is 4.35. The molecule has 0 amide bonds. The van der Waals surface area contributed by atoms with E-state index in [1.54, 1.807) is 0 Å². The molecular weight excluding hydrogens is 507 g/mol. The number of unbranched alkanes of at least 4 members (excludes halogenated alkanes) is 1. The number of piperazine rings is 1. The van der Waals surface area contributed by atoms with E-state index in [4.69, 9.17) is 0 Å². The van der Waals surface area contributed by atoms with Crippen molar-refractivity contribution in [2.75, 3.05) is 72.5 Å². The molecule has 1 unspecified atom stereocenters. The van der Waals surface area contributed by atoms with Gasteiger partial charge >= 0.3 is 0 Å². The van der Waals surface area contributed by atoms with Gasteiger partial charge in [-0.05, 0) is 63.3 Å². The molecule has 1 atom stereocenters. The Labute approximate surface area is 204 Å². The maximum Gasteiger partial charge on any atom is 0.191 e. The minimum Gasteiger partial charge on any atom is -0.356 e. The van der Waals surface area contributed by atoms with Crippen molar-refractivity contribution in [1.82, 2.24) is 25.3 Å². The first kappa shape index (κ1) is 25.8. The summed E-state index contributed by atoms with van der Waals surface area (Å²) in [6.07, 6.45) is 5.08. The SMILES string of the molecule is CCN1CCN(CCCCNC(=NC)NCC(c2cccs2)N2CCCC2)CC1.I. The van der Waals surface area contributed by atoms with E-state index in [1.807, 2.05) is 18.4 Å². The summed E-state index contributed by atoms with van der Waals surface area (Å²) in [5, 5.41) is 9.27. The lowest BCUT2D eigenvalue weighted by Crippen LogP contribution is -2.46. The normalized spacial score (nSPS) is 20.1. The van der Waals surface area contributed by atoms with Crippen LogP contribution in [-0.2, 0) is 0 Å². The monoisotopic (exact) mass is 548 g/mol. The summed E-state index contributed by atoms with van der Waals surface area (Å²) in [5.41, 5.74) is 0. The maximum absolute atomic E-state index is 4.44. The Morgan fingerprint density at radius 2 is 1.80 bits per heavy atom. The Hall–Kier alpha value is -0.420. The molecule has 2 fully saturated rings. The zero-order chi connectivity index (χ0) is 20.3. The molecule has 8 heteroatoms. The third kappa shape index (κ3) is 8.26. The topological polar surface area (TPSA) is 46.1 Å². The number of rotatable bonds is 10. The minimum absolute atomic E-state index is 0. The average molecular weight is 549 g/mol. The average Bonchev–Trinajstić information content (AvgIpc) is 3.47. The van der Waals surface area contributed by atoms with Gasteiger partial charge in [-0.3, -0.25) is 9.89 Å². The summed E-state index contributed by atoms with van der Waals surface area (Å²) in [4.78, 5) is 13.7. The first-order valence-corrected chi connectivity index (χ1v) is 12.3. The van der Waals surface area contributed by atoms with Crippen LogP contribution >= 0.6 is 35.3 Å². The Bertz CT molecular complexity index is 582. The fourth-order valence-corrected chi connectivity index (χ4v) is 5.21. The summed E-state index contributed by atoms with van der Waals surface area (Å²) in [6, 6.07) is 4.89. The molecule has 0 spiro atoms. The van der Waals surface area contributed by atoms with Gasteiger partial charge in [0.2, 0.25) is 0 Å². The lowest BCUT2D eigenvalue weighted by Gasteiger charge is -2.34. The van der Waals surface area contributed by atoms with E-state index in [2.05, 4.69) is 54.8 Å². The van der Waals surface area contributed by atoms with Crippen LogP contribution < -0.4 is 10.6 Å². The Balaban J connectivity index is 0.00000320. The van der Waals surface area contributed by atoms with E-state index in [0.717, 1.165) is 19.0 Å². The van der Waals surface area contributed by atoms with Crippen molar-refractivity contribution in [2.24, 2.45) is 4.99 Å². The van der Waals surface area contributed by atoms with Crippen molar-refractivity contribution >= 4 is 41.3 Å². The number of likely N-dealkylation sites (tertiary alicyclic amines) is 1. The van der Waals surface area contributed by atoms with E-state index in [-0.39, 0.29) is 24.0 Å². The standard InChI is InChI=1S/C22H40N6S.HI/c1-3-26-14-16-27(17-15-26)11-5-4-10-24-22(23-2)25-19-20(21-9-8-18-29-21)28-12-6-7-13-28;/h8-9,18,20H,3-7,10-17,19H2,1-2H3,(H2,23,24,25);1H. The van der Waals surface area contributed by atoms with Crippen LogP contribution in [0.5, 0.6) is 0 Å². The van der Waals surface area contributed by atoms with Crippen LogP contribution in [0.3, 0.4) is 0 Å². The second-order valence-corrected chi connectivity index (χ2v) is 9.12. The van der Waals surface area contributed by atoms with Crippen LogP contribution in [0.1, 0.15) is 43.5 Å². The number of guanidine groups is 1. The largest absolute Gasteiger partial charge is 0.356 e. The molecule has 1 aromatic heterocycles. The van der Waals surface area contributed by atoms with Crippen LogP contribution in [0.25, 0.3) is 0 Å². The van der Waals surface area contributed by atoms with Crippen molar-refractivity contribution in [2.45, 2.75) is 38.6 Å². The molecule has 1 aromatic rings. The van der Waals surface area contributed by atoms with Gasteiger partial charge in [-0.2, -0.15) is 0 Å². The van der Waals surface area contributed by atoms with Crippen molar-refractivity contribution < 1.29 is 0 Å². The molecular formula is C22H41IN6S. The number of hydrogen-bond donors (Lipinski definition) is 2. The summed E-state index contributed by atoms with van der Waals surface area (Å²) in [7, 11) is 1.87. The second kappa shape index (κ2) is 14.6. The van der Waals surface area contributed by atoms with Gasteiger partial charge in [-0.1, -0.05) is 13.0 Å². The highest BCUT2D eigenvalue weighted by molar-refractivity contribution is 14.0. The highest BCUT2D eigenvalue weighted by Crippen LogP contribution is 2.27. The Kier molecular flexibility index (Phi) is 12.6. The maximum atomic E-state index is 4.44. The number of nitrogens with zero attached hydrogens (tertiary/aromatic N) is 4. The predicted molar refractivity (Wildman–Crippen MR) is 140 cm³/mol. The molecule has 6 nitrogen and oxygen atoms in total. The van der Waals surface area contributed by atoms with Gasteiger partial charge in [0.25, 0.3) is 0 Å². The molecule has 2 saturated heterocycles. The van der Waals surface area contributed by atoms with Gasteiger partial charge in [0.05, 0.1) is 6.04 Å². The number of hydrogen-bond acceptors (Lipinski definition) is 5. The molecule has 2 N–H and O–H groups in total. The highest BCUT2D eigenvalue weighted by Gasteiger charge is 2.24. The predicted octanol–water partition coefficient (Wildman–Crippen LogP) is 3.09. The second-order valence-electron chi connectivity index (χ2n) is 8.14. The number of nitrogens with one attached hydrogen (secondary N) is 2. The molecule has 0 bridgehead atoms. The highest BCUT2D eigenvalue weighted by atomic mass is 127. The number of halogens is 1. The molecule has 0 radical (unpaired) electrons. The molecule has 0 aliphatic carbocycles. The van der Waals surface area contributed by atoms with Crippen LogP contribution in [0, 0.1) is 0 Å². The van der Waals surface area contributed by atoms with Gasteiger partial charge in [-0.25, -0.2) is 0 Å². The molecule has 172 valence electrons. The number of thiophene rings is 1. The first-order chi connectivity index (χ1) is 14.3. The number of aliphatic imine (C=N–C) groups is 1. The third-order valence-corrected chi connectivity index (χ3v) is 7.22. The van der Waals surface area contributed by atoms with Crippen molar-refractivity contribution in [3.8, 4) is 0 Å². The van der Waals surface area contributed by atoms with Gasteiger partial charge in [0, 0.05) is 51.2 Å². The van der Waals surface area contributed by atoms with Gasteiger partial charge in [0.15, 0.2) is 5.96 Å². The third-order valence-electron chi connectivity index (χ3n) is 6.25. The van der Waals surface area contributed by atoms with Crippen molar-refractivity contribution in [1.29, 1.82) is 0 Å². The van der Waals surface area contributed by atoms with Crippen LogP contribution in [0.4, 0.5) is 0 Å². The Morgan fingerprint density at radius 1 is 1.07 bits per heavy atom. The zero-order valence-electron chi connectivity index (χ0n) is 18.8. The number of likely N-dealkylation sites (N-methyl/N-ethyl adjacent to an activating group) is 1. The van der Waals surface area contributed by atoms with E-state index < -0.39 is 0 Å². The van der Waals surface area contributed by atoms with Crippen LogP contribution in [0.2, 0.25) is 0 Å². The quantitative estimate of drug-likeness (QED) is 0.204. The lowest BCUT2D eigenvalue weighted by atomic mass is 10.2. The van der Waals surface area contributed by atoms with Crippen molar-refractivity contribution in [3.05, 3.63) is 22.4 Å². The molecule has 2 aliphatic rings. The summed E-state index contributed by atoms with van der Waals surface area (Å²) in [6.45, 7) is 13.9. The van der Waals surface area contributed by atoms with Gasteiger partial charge in [-0.15, -0.1) is 35.3 Å². The molecule has 0 saturated carbocycles. The van der Waals surface area contributed by atoms with Gasteiger partial charge in [0.1, 0.15) is 0 Å². The fraction of sp³-hybridized carbons (Fsp3) is 0.773. The summed E-state index contributed by atoms with van der Waals surface area (Å²) in [5.74, 6) is 0.933. The lowest BCUT2D eigenvalue weighted by molar-refractivity contribution is 0.136. The summed E-state index contributed by atoms with van der Waals surface area (Å²) < 4.78 is 0. The van der Waals surface area contributed by atoms with Crippen molar-refractivity contribution in [3.63, 3.8) is 0 Å². The van der Waals surface area contributed by atoms with E-state index in [1.165, 1.54) is 82.9 Å². The van der Waals surface area contributed by atoms with Crippen LogP contribution in [-0.4, -0.2) is 93.2 Å². The van der Waals surface area contributed by atoms with Crippen LogP contribution in [0.15, 0.2) is 22.5 Å². The van der Waals surface area contributed by atoms with E-state index in [9.17, 15) is 0 Å². The van der Waals surface area contributed by atoms with Gasteiger partial charge < -0.3 is 20.4 Å². The molecule has 2 aliphatic heterocycles. The Morgan fingerprint density at radius 3 is 2.43 bits per heavy atom. The molecule has 30 heavy (non-hydrogen) atoms. The van der Waals surface area contributed by atoms with E-state index in [0.29, 0.717) is 6.04 Å². The summed E-state index contributed by atoms with van der Waals surface area (Å²) >= 11 is 1.87. The minimum atomic E-state index is 0. The zero-order valence-corrected chi connectivity index (χ0v) is 22.0.